The highest BCUT2D eigenvalue weighted by molar-refractivity contribution is 5.96. The first kappa shape index (κ1) is 14.9. The van der Waals surface area contributed by atoms with Crippen LogP contribution >= 0.6 is 0 Å². The van der Waals surface area contributed by atoms with Crippen LogP contribution in [0.3, 0.4) is 0 Å². The van der Waals surface area contributed by atoms with Crippen LogP contribution in [-0.2, 0) is 11.2 Å². The number of carbonyl (C=O) groups excluding carboxylic acids is 1. The van der Waals surface area contributed by atoms with Gasteiger partial charge < -0.3 is 15.1 Å². The molecule has 1 amide bonds. The molecule has 0 saturated carbocycles. The number of hydrogen-bond donors (Lipinski definition) is 1. The van der Waals surface area contributed by atoms with Gasteiger partial charge in [-0.15, -0.1) is 0 Å². The van der Waals surface area contributed by atoms with Crippen molar-refractivity contribution in [2.24, 2.45) is 11.7 Å². The van der Waals surface area contributed by atoms with Crippen molar-refractivity contribution in [1.82, 2.24) is 4.90 Å². The summed E-state index contributed by atoms with van der Waals surface area (Å²) in [5, 5.41) is 1.06. The molecule has 0 aliphatic carbocycles. The fraction of sp³-hybridized carbons (Fsp3) is 0.389. The Morgan fingerprint density at radius 3 is 3.00 bits per heavy atom. The topological polar surface area (TPSA) is 59.5 Å². The number of carbonyl (C=O) groups is 1. The molecule has 22 heavy (non-hydrogen) atoms. The molecule has 1 aromatic heterocycles. The van der Waals surface area contributed by atoms with Crippen LogP contribution in [0.1, 0.15) is 24.7 Å². The molecule has 0 radical (unpaired) electrons. The number of likely N-dealkylation sites (tertiary alicyclic amines) is 1. The van der Waals surface area contributed by atoms with Crippen molar-refractivity contribution in [2.45, 2.75) is 19.8 Å². The van der Waals surface area contributed by atoms with Crippen LogP contribution in [0.5, 0.6) is 0 Å². The fourth-order valence-corrected chi connectivity index (χ4v) is 3.05. The summed E-state index contributed by atoms with van der Waals surface area (Å²) < 4.78 is 5.85. The molecule has 4 nitrogen and oxygen atoms in total. The van der Waals surface area contributed by atoms with E-state index in [2.05, 4.69) is 6.92 Å². The normalized spacial score (nSPS) is 18.6. The molecule has 4 heteroatoms. The minimum atomic E-state index is 0.0586. The number of nitrogens with two attached hydrogens (primary N) is 1. The highest BCUT2D eigenvalue weighted by Gasteiger charge is 2.23. The van der Waals surface area contributed by atoms with Gasteiger partial charge in [0.2, 0.25) is 5.91 Å². The van der Waals surface area contributed by atoms with E-state index >= 15 is 0 Å². The van der Waals surface area contributed by atoms with Crippen LogP contribution in [-0.4, -0.2) is 30.4 Å². The minimum absolute atomic E-state index is 0.0586. The molecule has 2 N–H and O–H groups in total. The average Bonchev–Trinajstić information content (AvgIpc) is 3.16. The Kier molecular flexibility index (Phi) is 4.29. The first-order valence-corrected chi connectivity index (χ1v) is 7.90. The minimum Gasteiger partial charge on any atom is -0.460 e. The summed E-state index contributed by atoms with van der Waals surface area (Å²) in [4.78, 5) is 14.2. The lowest BCUT2D eigenvalue weighted by Gasteiger charge is -2.13. The zero-order valence-corrected chi connectivity index (χ0v) is 12.9. The van der Waals surface area contributed by atoms with E-state index in [-0.39, 0.29) is 5.91 Å². The highest BCUT2D eigenvalue weighted by Crippen LogP contribution is 2.27. The van der Waals surface area contributed by atoms with E-state index in [9.17, 15) is 4.79 Å². The fourth-order valence-electron chi connectivity index (χ4n) is 3.05. The van der Waals surface area contributed by atoms with Gasteiger partial charge in [0, 0.05) is 36.5 Å². The number of para-hydroxylation sites is 1. The Balaban J connectivity index is 1.82. The number of nitrogens with zero attached hydrogens (tertiary/aromatic N) is 1. The van der Waals surface area contributed by atoms with Crippen molar-refractivity contribution in [3.05, 3.63) is 41.7 Å². The molecular weight excluding hydrogens is 276 g/mol. The van der Waals surface area contributed by atoms with Gasteiger partial charge in [-0.3, -0.25) is 4.79 Å². The lowest BCUT2D eigenvalue weighted by atomic mass is 10.1. The SMILES string of the molecule is CCc1oc2ccccc2c1C=CC(=O)N1CCC(CN)C1. The van der Waals surface area contributed by atoms with Crippen molar-refractivity contribution in [3.8, 4) is 0 Å². The van der Waals surface area contributed by atoms with Gasteiger partial charge in [-0.1, -0.05) is 25.1 Å². The van der Waals surface area contributed by atoms with Crippen molar-refractivity contribution in [3.63, 3.8) is 0 Å². The van der Waals surface area contributed by atoms with Crippen LogP contribution in [0.15, 0.2) is 34.8 Å². The summed E-state index contributed by atoms with van der Waals surface area (Å²) in [5.74, 6) is 1.42. The monoisotopic (exact) mass is 298 g/mol. The first-order chi connectivity index (χ1) is 10.7. The largest absolute Gasteiger partial charge is 0.460 e. The second-order valence-electron chi connectivity index (χ2n) is 5.80. The highest BCUT2D eigenvalue weighted by atomic mass is 16.3. The van der Waals surface area contributed by atoms with Crippen molar-refractivity contribution in [1.29, 1.82) is 0 Å². The molecule has 116 valence electrons. The number of rotatable bonds is 4. The van der Waals surface area contributed by atoms with Crippen molar-refractivity contribution < 1.29 is 9.21 Å². The van der Waals surface area contributed by atoms with Crippen molar-refractivity contribution >= 4 is 23.0 Å². The van der Waals surface area contributed by atoms with Crippen LogP contribution in [0.25, 0.3) is 17.0 Å². The Morgan fingerprint density at radius 1 is 1.45 bits per heavy atom. The molecule has 1 aliphatic rings. The number of benzene rings is 1. The molecule has 2 aromatic rings. The van der Waals surface area contributed by atoms with Gasteiger partial charge in [-0.05, 0) is 31.0 Å². The van der Waals surface area contributed by atoms with Crippen LogP contribution < -0.4 is 5.73 Å². The molecule has 1 aliphatic heterocycles. The van der Waals surface area contributed by atoms with E-state index in [4.69, 9.17) is 10.2 Å². The lowest BCUT2D eigenvalue weighted by molar-refractivity contribution is -0.125. The molecule has 2 heterocycles. The maximum absolute atomic E-state index is 12.3. The summed E-state index contributed by atoms with van der Waals surface area (Å²) in [6, 6.07) is 7.94. The van der Waals surface area contributed by atoms with E-state index in [0.29, 0.717) is 12.5 Å². The summed E-state index contributed by atoms with van der Waals surface area (Å²) in [5.41, 5.74) is 7.56. The van der Waals surface area contributed by atoms with E-state index in [1.807, 2.05) is 35.2 Å². The molecular formula is C18H22N2O2. The summed E-state index contributed by atoms with van der Waals surface area (Å²) >= 11 is 0. The number of aryl methyl sites for hydroxylation is 1. The second-order valence-corrected chi connectivity index (χ2v) is 5.80. The van der Waals surface area contributed by atoms with E-state index < -0.39 is 0 Å². The quantitative estimate of drug-likeness (QED) is 0.883. The Labute approximate surface area is 130 Å². The summed E-state index contributed by atoms with van der Waals surface area (Å²) in [6.45, 7) is 4.29. The Bertz CT molecular complexity index is 702. The maximum atomic E-state index is 12.3. The standard InChI is InChI=1S/C18H22N2O2/c1-2-16-15(14-5-3-4-6-17(14)22-16)7-8-18(21)20-10-9-13(11-19)12-20/h3-8,13H,2,9-12,19H2,1H3. The van der Waals surface area contributed by atoms with Gasteiger partial charge in [-0.2, -0.15) is 0 Å². The van der Waals surface area contributed by atoms with Crippen molar-refractivity contribution in [2.75, 3.05) is 19.6 Å². The lowest BCUT2D eigenvalue weighted by Crippen LogP contribution is -2.28. The zero-order valence-electron chi connectivity index (χ0n) is 12.9. The van der Waals surface area contributed by atoms with Crippen LogP contribution in [0.2, 0.25) is 0 Å². The zero-order chi connectivity index (χ0) is 15.5. The maximum Gasteiger partial charge on any atom is 0.246 e. The van der Waals surface area contributed by atoms with Gasteiger partial charge in [-0.25, -0.2) is 0 Å². The number of amides is 1. The van der Waals surface area contributed by atoms with Gasteiger partial charge in [0.15, 0.2) is 0 Å². The average molecular weight is 298 g/mol. The molecule has 3 rings (SSSR count). The van der Waals surface area contributed by atoms with Gasteiger partial charge in [0.25, 0.3) is 0 Å². The van der Waals surface area contributed by atoms with Gasteiger partial charge in [0.1, 0.15) is 11.3 Å². The Hall–Kier alpha value is -2.07. The number of fused-ring (bicyclic) bond motifs is 1. The Morgan fingerprint density at radius 2 is 2.27 bits per heavy atom. The number of furan rings is 1. The molecule has 0 bridgehead atoms. The van der Waals surface area contributed by atoms with Gasteiger partial charge >= 0.3 is 0 Å². The van der Waals surface area contributed by atoms with E-state index in [0.717, 1.165) is 48.2 Å². The third kappa shape index (κ3) is 2.79. The van der Waals surface area contributed by atoms with E-state index in [1.165, 1.54) is 0 Å². The first-order valence-electron chi connectivity index (χ1n) is 7.90. The second kappa shape index (κ2) is 6.36. The third-order valence-corrected chi connectivity index (χ3v) is 4.36. The van der Waals surface area contributed by atoms with Crippen LogP contribution in [0, 0.1) is 5.92 Å². The third-order valence-electron chi connectivity index (χ3n) is 4.36. The van der Waals surface area contributed by atoms with Crippen LogP contribution in [0.4, 0.5) is 0 Å². The predicted octanol–water partition coefficient (Wildman–Crippen LogP) is 2.82. The molecule has 0 spiro atoms. The summed E-state index contributed by atoms with van der Waals surface area (Å²) in [7, 11) is 0. The molecule has 1 aromatic carbocycles. The molecule has 1 saturated heterocycles. The predicted molar refractivity (Wildman–Crippen MR) is 88.4 cm³/mol. The summed E-state index contributed by atoms with van der Waals surface area (Å²) in [6.07, 6.45) is 5.37. The van der Waals surface area contributed by atoms with E-state index in [1.54, 1.807) is 6.08 Å². The van der Waals surface area contributed by atoms with Gasteiger partial charge in [0.05, 0.1) is 0 Å². The molecule has 1 atom stereocenters. The molecule has 1 unspecified atom stereocenters. The smallest absolute Gasteiger partial charge is 0.246 e. The molecule has 1 fully saturated rings. The number of hydrogen-bond acceptors (Lipinski definition) is 3.